The number of hydrogen-bond donors (Lipinski definition) is 0. The number of aromatic nitrogens is 2. The van der Waals surface area contributed by atoms with Crippen LogP contribution in [-0.4, -0.2) is 16.3 Å². The predicted octanol–water partition coefficient (Wildman–Crippen LogP) is 4.89. The molecular formula is C12H7BrClF3N2O2. The van der Waals surface area contributed by atoms with Crippen molar-refractivity contribution in [3.05, 3.63) is 39.7 Å². The first-order chi connectivity index (χ1) is 9.76. The lowest BCUT2D eigenvalue weighted by atomic mass is 10.3. The predicted molar refractivity (Wildman–Crippen MR) is 72.7 cm³/mol. The number of ether oxygens (including phenoxy) is 2. The van der Waals surface area contributed by atoms with Crippen LogP contribution in [0, 0.1) is 6.92 Å². The number of benzene rings is 1. The van der Waals surface area contributed by atoms with Crippen molar-refractivity contribution in [1.29, 1.82) is 0 Å². The third-order valence-corrected chi connectivity index (χ3v) is 3.32. The summed E-state index contributed by atoms with van der Waals surface area (Å²) in [6.45, 7) is 1.66. The summed E-state index contributed by atoms with van der Waals surface area (Å²) in [4.78, 5) is 7.67. The first-order valence-corrected chi connectivity index (χ1v) is 6.63. The lowest BCUT2D eigenvalue weighted by Crippen LogP contribution is -2.17. The van der Waals surface area contributed by atoms with Crippen LogP contribution in [0.1, 0.15) is 5.56 Å². The summed E-state index contributed by atoms with van der Waals surface area (Å²) in [6, 6.07) is 3.78. The van der Waals surface area contributed by atoms with Gasteiger partial charge in [-0.15, -0.1) is 13.2 Å². The molecule has 9 heteroatoms. The molecule has 0 aliphatic heterocycles. The second-order valence-electron chi connectivity index (χ2n) is 3.84. The van der Waals surface area contributed by atoms with E-state index < -0.39 is 6.36 Å². The summed E-state index contributed by atoms with van der Waals surface area (Å²) < 4.78 is 45.9. The highest BCUT2D eigenvalue weighted by molar-refractivity contribution is 9.10. The highest BCUT2D eigenvalue weighted by Gasteiger charge is 2.32. The quantitative estimate of drug-likeness (QED) is 0.708. The SMILES string of the molecule is Cc1c(Cl)ncnc1Oc1ccc(OC(F)(F)F)c(Br)c1. The molecule has 0 aliphatic rings. The molecule has 2 aromatic rings. The van der Waals surface area contributed by atoms with Gasteiger partial charge in [-0.3, -0.25) is 0 Å². The Labute approximate surface area is 131 Å². The first kappa shape index (κ1) is 15.8. The van der Waals surface area contributed by atoms with Gasteiger partial charge < -0.3 is 9.47 Å². The molecule has 112 valence electrons. The highest BCUT2D eigenvalue weighted by atomic mass is 79.9. The van der Waals surface area contributed by atoms with Gasteiger partial charge >= 0.3 is 6.36 Å². The lowest BCUT2D eigenvalue weighted by Gasteiger charge is -2.12. The normalized spacial score (nSPS) is 11.3. The fourth-order valence-corrected chi connectivity index (χ4v) is 1.94. The van der Waals surface area contributed by atoms with Gasteiger partial charge in [0.15, 0.2) is 0 Å². The summed E-state index contributed by atoms with van der Waals surface area (Å²) in [6.07, 6.45) is -3.54. The molecule has 2 rings (SSSR count). The molecule has 1 aromatic carbocycles. The van der Waals surface area contributed by atoms with E-state index in [1.54, 1.807) is 6.92 Å². The maximum atomic E-state index is 12.2. The minimum atomic E-state index is -4.76. The zero-order valence-electron chi connectivity index (χ0n) is 10.4. The topological polar surface area (TPSA) is 44.2 Å². The average molecular weight is 384 g/mol. The van der Waals surface area contributed by atoms with E-state index in [9.17, 15) is 13.2 Å². The zero-order valence-corrected chi connectivity index (χ0v) is 12.8. The summed E-state index contributed by atoms with van der Waals surface area (Å²) in [5, 5.41) is 0.232. The minimum absolute atomic E-state index is 0.0927. The average Bonchev–Trinajstić information content (AvgIpc) is 2.37. The van der Waals surface area contributed by atoms with Crippen LogP contribution in [0.2, 0.25) is 5.15 Å². The van der Waals surface area contributed by atoms with Crippen LogP contribution >= 0.6 is 27.5 Å². The van der Waals surface area contributed by atoms with Crippen molar-refractivity contribution in [2.24, 2.45) is 0 Å². The summed E-state index contributed by atoms with van der Waals surface area (Å²) in [5.74, 6) is 0.118. The molecule has 0 radical (unpaired) electrons. The van der Waals surface area contributed by atoms with E-state index in [1.165, 1.54) is 18.5 Å². The third-order valence-electron chi connectivity index (χ3n) is 2.32. The number of halogens is 5. The molecule has 0 saturated heterocycles. The van der Waals surface area contributed by atoms with Crippen molar-refractivity contribution in [2.75, 3.05) is 0 Å². The molecule has 0 amide bonds. The van der Waals surface area contributed by atoms with Gasteiger partial charge in [-0.1, -0.05) is 11.6 Å². The maximum Gasteiger partial charge on any atom is 0.573 e. The minimum Gasteiger partial charge on any atom is -0.439 e. The smallest absolute Gasteiger partial charge is 0.439 e. The molecular weight excluding hydrogens is 376 g/mol. The van der Waals surface area contributed by atoms with Crippen molar-refractivity contribution < 1.29 is 22.6 Å². The molecule has 0 N–H and O–H groups in total. The van der Waals surface area contributed by atoms with Crippen LogP contribution < -0.4 is 9.47 Å². The summed E-state index contributed by atoms with van der Waals surface area (Å²) in [7, 11) is 0. The van der Waals surface area contributed by atoms with Crippen molar-refractivity contribution in [3.8, 4) is 17.4 Å². The monoisotopic (exact) mass is 382 g/mol. The number of nitrogens with zero attached hydrogens (tertiary/aromatic N) is 2. The van der Waals surface area contributed by atoms with E-state index in [0.717, 1.165) is 6.07 Å². The van der Waals surface area contributed by atoms with Gasteiger partial charge in [0, 0.05) is 5.56 Å². The van der Waals surface area contributed by atoms with Crippen LogP contribution in [0.5, 0.6) is 17.4 Å². The fraction of sp³-hybridized carbons (Fsp3) is 0.167. The lowest BCUT2D eigenvalue weighted by molar-refractivity contribution is -0.274. The van der Waals surface area contributed by atoms with Gasteiger partial charge in [-0.25, -0.2) is 9.97 Å². The molecule has 4 nitrogen and oxygen atoms in total. The van der Waals surface area contributed by atoms with Crippen molar-refractivity contribution in [3.63, 3.8) is 0 Å². The molecule has 0 fully saturated rings. The second-order valence-corrected chi connectivity index (χ2v) is 5.05. The number of alkyl halides is 3. The van der Waals surface area contributed by atoms with E-state index in [2.05, 4.69) is 30.6 Å². The van der Waals surface area contributed by atoms with Crippen molar-refractivity contribution in [2.45, 2.75) is 13.3 Å². The summed E-state index contributed by atoms with van der Waals surface area (Å²) in [5.41, 5.74) is 0.519. The van der Waals surface area contributed by atoms with Crippen LogP contribution in [0.4, 0.5) is 13.2 Å². The Balaban J connectivity index is 2.23. The molecule has 1 heterocycles. The Morgan fingerprint density at radius 2 is 1.95 bits per heavy atom. The van der Waals surface area contributed by atoms with Gasteiger partial charge in [0.1, 0.15) is 23.0 Å². The van der Waals surface area contributed by atoms with E-state index >= 15 is 0 Å². The Hall–Kier alpha value is -1.54. The van der Waals surface area contributed by atoms with Crippen LogP contribution in [0.3, 0.4) is 0 Å². The van der Waals surface area contributed by atoms with Crippen molar-refractivity contribution in [1.82, 2.24) is 9.97 Å². The van der Waals surface area contributed by atoms with E-state index in [-0.39, 0.29) is 27.0 Å². The van der Waals surface area contributed by atoms with Gasteiger partial charge in [0.05, 0.1) is 4.47 Å². The molecule has 0 saturated carbocycles. The van der Waals surface area contributed by atoms with E-state index in [4.69, 9.17) is 16.3 Å². The van der Waals surface area contributed by atoms with Gasteiger partial charge in [0.25, 0.3) is 0 Å². The van der Waals surface area contributed by atoms with E-state index in [0.29, 0.717) is 5.56 Å². The number of hydrogen-bond acceptors (Lipinski definition) is 4. The zero-order chi connectivity index (χ0) is 15.6. The Morgan fingerprint density at radius 1 is 1.24 bits per heavy atom. The largest absolute Gasteiger partial charge is 0.573 e. The Bertz CT molecular complexity index is 667. The standard InChI is InChI=1S/C12H7BrClF3N2O2/c1-6-10(14)18-5-19-11(6)20-7-2-3-9(8(13)4-7)21-12(15,16)17/h2-5H,1H3. The van der Waals surface area contributed by atoms with Crippen molar-refractivity contribution >= 4 is 27.5 Å². The van der Waals surface area contributed by atoms with Crippen LogP contribution in [0.15, 0.2) is 29.0 Å². The molecule has 0 aliphatic carbocycles. The fourth-order valence-electron chi connectivity index (χ4n) is 1.38. The van der Waals surface area contributed by atoms with Crippen LogP contribution in [0.25, 0.3) is 0 Å². The second kappa shape index (κ2) is 6.07. The Morgan fingerprint density at radius 3 is 2.57 bits per heavy atom. The molecule has 21 heavy (non-hydrogen) atoms. The van der Waals surface area contributed by atoms with Crippen LogP contribution in [-0.2, 0) is 0 Å². The number of rotatable bonds is 3. The highest BCUT2D eigenvalue weighted by Crippen LogP contribution is 2.35. The molecule has 0 unspecified atom stereocenters. The maximum absolute atomic E-state index is 12.2. The van der Waals surface area contributed by atoms with Gasteiger partial charge in [0.2, 0.25) is 5.88 Å². The molecule has 0 atom stereocenters. The van der Waals surface area contributed by atoms with E-state index in [1.807, 2.05) is 0 Å². The summed E-state index contributed by atoms with van der Waals surface area (Å²) >= 11 is 8.81. The van der Waals surface area contributed by atoms with Gasteiger partial charge in [-0.05, 0) is 41.1 Å². The molecule has 1 aromatic heterocycles. The van der Waals surface area contributed by atoms with Gasteiger partial charge in [-0.2, -0.15) is 0 Å². The Kier molecular flexibility index (Phi) is 4.58. The third kappa shape index (κ3) is 4.21. The first-order valence-electron chi connectivity index (χ1n) is 5.46. The molecule has 0 bridgehead atoms. The molecule has 0 spiro atoms.